The van der Waals surface area contributed by atoms with Gasteiger partial charge in [-0.05, 0) is 135 Å². The Hall–Kier alpha value is -5.58. The molecule has 2 aliphatic heterocycles. The topological polar surface area (TPSA) is 54.0 Å². The molecule has 4 heterocycles. The summed E-state index contributed by atoms with van der Waals surface area (Å²) in [5.41, 5.74) is 12.6. The Balaban J connectivity index is 0.00000514. The third-order valence-corrected chi connectivity index (χ3v) is 12.4. The molecule has 7 aromatic rings. The molecule has 0 bridgehead atoms. The Morgan fingerprint density at radius 2 is 1.03 bits per heavy atom. The number of fused-ring (bicyclic) bond motifs is 2. The molecule has 0 amide bonds. The summed E-state index contributed by atoms with van der Waals surface area (Å²) in [4.78, 5) is 21.9. The second-order valence-corrected chi connectivity index (χ2v) is 16.6. The van der Waals surface area contributed by atoms with E-state index in [0.29, 0.717) is 5.11 Å². The van der Waals surface area contributed by atoms with Crippen LogP contribution in [0.4, 0.5) is 28.4 Å². The summed E-state index contributed by atoms with van der Waals surface area (Å²) < 4.78 is 0. The molecule has 9 rings (SSSR count). The molecule has 1 N–H and O–H groups in total. The molecule has 0 atom stereocenters. The highest BCUT2D eigenvalue weighted by Crippen LogP contribution is 2.30. The van der Waals surface area contributed by atoms with Crippen molar-refractivity contribution in [2.24, 2.45) is 0 Å². The van der Waals surface area contributed by atoms with E-state index in [2.05, 4.69) is 183 Å². The van der Waals surface area contributed by atoms with E-state index in [1.54, 1.807) is 0 Å². The Kier molecular flexibility index (Phi) is 13.4. The molecular formula is C51H55ClN8S. The molecule has 2 aliphatic rings. The lowest BCUT2D eigenvalue weighted by molar-refractivity contribution is 0.261. The van der Waals surface area contributed by atoms with E-state index in [0.717, 1.165) is 118 Å². The number of hydrogen-bond donors (Lipinski definition) is 1. The summed E-state index contributed by atoms with van der Waals surface area (Å²) in [6.45, 7) is 14.4. The van der Waals surface area contributed by atoms with Crippen LogP contribution in [0.5, 0.6) is 0 Å². The van der Waals surface area contributed by atoms with Crippen molar-refractivity contribution in [1.29, 1.82) is 0 Å². The van der Waals surface area contributed by atoms with Gasteiger partial charge in [-0.15, -0.1) is 12.4 Å². The molecule has 2 saturated heterocycles. The number of piperazine rings is 2. The van der Waals surface area contributed by atoms with E-state index in [-0.39, 0.29) is 12.4 Å². The number of aryl methyl sites for hydroxylation is 2. The van der Waals surface area contributed by atoms with Crippen LogP contribution in [0.1, 0.15) is 22.5 Å². The molecule has 10 heteroatoms. The van der Waals surface area contributed by atoms with Crippen molar-refractivity contribution in [3.05, 3.63) is 162 Å². The quantitative estimate of drug-likeness (QED) is 0.128. The molecule has 312 valence electrons. The van der Waals surface area contributed by atoms with Crippen molar-refractivity contribution in [3.8, 4) is 0 Å². The van der Waals surface area contributed by atoms with Crippen molar-refractivity contribution in [1.82, 2.24) is 19.8 Å². The number of hydrogen-bond acceptors (Lipinski definition) is 7. The van der Waals surface area contributed by atoms with Crippen LogP contribution in [0.25, 0.3) is 21.8 Å². The summed E-state index contributed by atoms with van der Waals surface area (Å²) >= 11 is 6.20. The number of halogens is 1. The fraction of sp³-hybridized carbons (Fsp3) is 0.275. The highest BCUT2D eigenvalue weighted by Gasteiger charge is 2.21. The Labute approximate surface area is 372 Å². The van der Waals surface area contributed by atoms with E-state index in [4.69, 9.17) is 22.2 Å². The van der Waals surface area contributed by atoms with Gasteiger partial charge in [0.25, 0.3) is 0 Å². The van der Waals surface area contributed by atoms with Gasteiger partial charge in [0, 0.05) is 116 Å². The van der Waals surface area contributed by atoms with E-state index < -0.39 is 0 Å². The number of para-hydroxylation sites is 1. The van der Waals surface area contributed by atoms with Crippen molar-refractivity contribution in [2.75, 3.05) is 85.5 Å². The molecule has 2 aromatic heterocycles. The van der Waals surface area contributed by atoms with E-state index in [9.17, 15) is 0 Å². The van der Waals surface area contributed by atoms with Gasteiger partial charge in [0.2, 0.25) is 0 Å². The van der Waals surface area contributed by atoms with Crippen LogP contribution >= 0.6 is 24.6 Å². The minimum atomic E-state index is 0. The van der Waals surface area contributed by atoms with Crippen molar-refractivity contribution in [3.63, 3.8) is 0 Å². The summed E-state index contributed by atoms with van der Waals surface area (Å²) in [5.74, 6) is 0. The standard InChI is InChI=1S/C51H54N8S.ClH/c1-38-20-22-45-47(52-38)16-8-18-49(45)57-32-28-55(29-33-57)26-24-40-10-6-12-42(36-40)54-51(60)59(43-13-4-3-5-14-43)44-15-7-11-41(37-44)25-27-56-30-34-58(35-31-56)50-19-9-17-48-46(50)23-21-39(2)53-48;/h3-23,36-37H,24-35H2,1-2H3,(H,54,60);1H. The predicted molar refractivity (Wildman–Crippen MR) is 263 cm³/mol. The number of nitrogens with zero attached hydrogens (tertiary/aromatic N) is 7. The van der Waals surface area contributed by atoms with Crippen molar-refractivity contribution >= 4 is 80.0 Å². The van der Waals surface area contributed by atoms with Crippen LogP contribution in [0.2, 0.25) is 0 Å². The molecule has 2 fully saturated rings. The second-order valence-electron chi connectivity index (χ2n) is 16.2. The zero-order valence-electron chi connectivity index (χ0n) is 35.2. The SMILES string of the molecule is Cc1ccc2c(N3CCN(CCc4cccc(NC(=S)N(c5ccccc5)c5cccc(CCN6CCN(c7cccc8nc(C)ccc78)CC6)c5)c4)CC3)cccc2n1.Cl. The molecule has 0 unspecified atom stereocenters. The summed E-state index contributed by atoms with van der Waals surface area (Å²) in [6, 6.07) is 49.7. The highest BCUT2D eigenvalue weighted by molar-refractivity contribution is 7.80. The molecule has 0 radical (unpaired) electrons. The lowest BCUT2D eigenvalue weighted by Gasteiger charge is -2.36. The highest BCUT2D eigenvalue weighted by atomic mass is 35.5. The van der Waals surface area contributed by atoms with Gasteiger partial charge in [-0.25, -0.2) is 0 Å². The zero-order valence-corrected chi connectivity index (χ0v) is 36.8. The van der Waals surface area contributed by atoms with Gasteiger partial charge in [0.1, 0.15) is 0 Å². The van der Waals surface area contributed by atoms with Crippen LogP contribution in [0.15, 0.2) is 140 Å². The second kappa shape index (κ2) is 19.4. The average molecular weight is 848 g/mol. The van der Waals surface area contributed by atoms with Gasteiger partial charge in [0.15, 0.2) is 5.11 Å². The first kappa shape index (κ1) is 42.1. The smallest absolute Gasteiger partial charge is 0.182 e. The van der Waals surface area contributed by atoms with Crippen LogP contribution in [-0.2, 0) is 12.8 Å². The zero-order chi connectivity index (χ0) is 40.8. The Morgan fingerprint density at radius 1 is 0.541 bits per heavy atom. The van der Waals surface area contributed by atoms with E-state index in [1.807, 2.05) is 0 Å². The largest absolute Gasteiger partial charge is 0.368 e. The van der Waals surface area contributed by atoms with E-state index >= 15 is 0 Å². The van der Waals surface area contributed by atoms with Crippen LogP contribution in [0, 0.1) is 13.8 Å². The van der Waals surface area contributed by atoms with Crippen LogP contribution in [0.3, 0.4) is 0 Å². The summed E-state index contributed by atoms with van der Waals surface area (Å²) in [5, 5.41) is 6.74. The third kappa shape index (κ3) is 9.98. The summed E-state index contributed by atoms with van der Waals surface area (Å²) in [6.07, 6.45) is 1.96. The number of anilines is 5. The Bertz CT molecular complexity index is 2590. The number of aromatic nitrogens is 2. The lowest BCUT2D eigenvalue weighted by atomic mass is 10.1. The predicted octanol–water partition coefficient (Wildman–Crippen LogP) is 10.1. The molecule has 0 aliphatic carbocycles. The minimum Gasteiger partial charge on any atom is -0.368 e. The molecular weight excluding hydrogens is 792 g/mol. The molecule has 0 spiro atoms. The molecule has 5 aromatic carbocycles. The maximum atomic E-state index is 6.20. The number of pyridine rings is 2. The monoisotopic (exact) mass is 846 g/mol. The lowest BCUT2D eigenvalue weighted by Crippen LogP contribution is -2.47. The first-order chi connectivity index (χ1) is 29.4. The molecule has 61 heavy (non-hydrogen) atoms. The van der Waals surface area contributed by atoms with Gasteiger partial charge in [-0.2, -0.15) is 0 Å². The number of nitrogens with one attached hydrogen (secondary N) is 1. The van der Waals surface area contributed by atoms with Crippen molar-refractivity contribution in [2.45, 2.75) is 26.7 Å². The molecule has 0 saturated carbocycles. The normalized spacial score (nSPS) is 14.9. The van der Waals surface area contributed by atoms with Gasteiger partial charge in [-0.3, -0.25) is 24.7 Å². The molecule has 8 nitrogen and oxygen atoms in total. The summed E-state index contributed by atoms with van der Waals surface area (Å²) in [7, 11) is 0. The third-order valence-electron chi connectivity index (χ3n) is 12.1. The van der Waals surface area contributed by atoms with Crippen LogP contribution in [-0.4, -0.2) is 90.3 Å². The number of benzene rings is 5. The van der Waals surface area contributed by atoms with Gasteiger partial charge < -0.3 is 15.1 Å². The first-order valence-corrected chi connectivity index (χ1v) is 21.9. The fourth-order valence-electron chi connectivity index (χ4n) is 8.83. The van der Waals surface area contributed by atoms with Crippen LogP contribution < -0.4 is 20.0 Å². The van der Waals surface area contributed by atoms with E-state index in [1.165, 1.54) is 33.3 Å². The van der Waals surface area contributed by atoms with Gasteiger partial charge in [-0.1, -0.05) is 54.6 Å². The minimum absolute atomic E-state index is 0. The maximum absolute atomic E-state index is 6.20. The van der Waals surface area contributed by atoms with Gasteiger partial charge in [0.05, 0.1) is 11.0 Å². The Morgan fingerprint density at radius 3 is 1.59 bits per heavy atom. The average Bonchev–Trinajstić information content (AvgIpc) is 3.28. The number of thiocarbonyl (C=S) groups is 1. The fourth-order valence-corrected chi connectivity index (χ4v) is 9.16. The maximum Gasteiger partial charge on any atom is 0.182 e. The van der Waals surface area contributed by atoms with Crippen molar-refractivity contribution < 1.29 is 0 Å². The first-order valence-electron chi connectivity index (χ1n) is 21.4. The number of rotatable bonds is 11. The van der Waals surface area contributed by atoms with Gasteiger partial charge >= 0.3 is 0 Å².